The van der Waals surface area contributed by atoms with E-state index in [1.54, 1.807) is 17.0 Å². The molecule has 0 aromatic heterocycles. The zero-order valence-corrected chi connectivity index (χ0v) is 21.3. The number of hydrogen-bond donors (Lipinski definition) is 1. The van der Waals surface area contributed by atoms with Crippen LogP contribution in [0.1, 0.15) is 30.5 Å². The summed E-state index contributed by atoms with van der Waals surface area (Å²) in [5.41, 5.74) is 2.85. The normalized spacial score (nSPS) is 11.6. The Labute approximate surface area is 216 Å². The fourth-order valence-electron chi connectivity index (χ4n) is 3.77. The van der Waals surface area contributed by atoms with Crippen LogP contribution in [-0.4, -0.2) is 39.5 Å². The molecule has 0 saturated heterocycles. The minimum atomic E-state index is -0.664. The van der Waals surface area contributed by atoms with E-state index in [1.165, 1.54) is 23.9 Å². The van der Waals surface area contributed by atoms with Gasteiger partial charge < -0.3 is 10.2 Å². The van der Waals surface area contributed by atoms with Crippen molar-refractivity contribution in [2.24, 2.45) is 0 Å². The lowest BCUT2D eigenvalue weighted by Crippen LogP contribution is -2.52. The number of carbonyl (C=O) groups excluding carboxylic acids is 2. The van der Waals surface area contributed by atoms with E-state index in [9.17, 15) is 19.7 Å². The van der Waals surface area contributed by atoms with Gasteiger partial charge in [-0.3, -0.25) is 19.7 Å². The van der Waals surface area contributed by atoms with Crippen molar-refractivity contribution >= 4 is 29.3 Å². The van der Waals surface area contributed by atoms with Crippen LogP contribution in [-0.2, 0) is 28.3 Å². The quantitative estimate of drug-likeness (QED) is 0.276. The Morgan fingerprint density at radius 1 is 0.889 bits per heavy atom. The summed E-state index contributed by atoms with van der Waals surface area (Å²) < 4.78 is 0. The third kappa shape index (κ3) is 8.23. The zero-order chi connectivity index (χ0) is 25.9. The van der Waals surface area contributed by atoms with Crippen LogP contribution in [0.3, 0.4) is 0 Å². The number of nitro benzene ring substituents is 1. The SMILES string of the molecule is CC(C)NC(=O)[C@H](Cc1ccccc1)N(Cc1ccccc1)C(=O)CSCc1ccc([N+](=O)[O-])cc1. The summed E-state index contributed by atoms with van der Waals surface area (Å²) in [6.45, 7) is 4.13. The van der Waals surface area contributed by atoms with Gasteiger partial charge in [0.25, 0.3) is 5.69 Å². The third-order valence-corrected chi connectivity index (χ3v) is 6.53. The molecule has 188 valence electrons. The molecule has 3 aromatic carbocycles. The fraction of sp³-hybridized carbons (Fsp3) is 0.286. The first-order valence-electron chi connectivity index (χ1n) is 11.8. The van der Waals surface area contributed by atoms with Gasteiger partial charge in [0, 0.05) is 36.9 Å². The van der Waals surface area contributed by atoms with E-state index < -0.39 is 11.0 Å². The van der Waals surface area contributed by atoms with Crippen molar-refractivity contribution in [3.63, 3.8) is 0 Å². The van der Waals surface area contributed by atoms with E-state index in [1.807, 2.05) is 74.5 Å². The van der Waals surface area contributed by atoms with E-state index >= 15 is 0 Å². The minimum Gasteiger partial charge on any atom is -0.352 e. The molecule has 0 saturated carbocycles. The predicted molar refractivity (Wildman–Crippen MR) is 143 cm³/mol. The Bertz CT molecular complexity index is 1140. The van der Waals surface area contributed by atoms with Crippen molar-refractivity contribution in [1.82, 2.24) is 10.2 Å². The second-order valence-corrected chi connectivity index (χ2v) is 9.78. The first-order valence-corrected chi connectivity index (χ1v) is 13.0. The largest absolute Gasteiger partial charge is 0.352 e. The van der Waals surface area contributed by atoms with Gasteiger partial charge in [-0.1, -0.05) is 72.8 Å². The van der Waals surface area contributed by atoms with Gasteiger partial charge in [0.2, 0.25) is 11.8 Å². The number of nitrogens with zero attached hydrogens (tertiary/aromatic N) is 2. The molecule has 3 rings (SSSR count). The van der Waals surface area contributed by atoms with Gasteiger partial charge in [0.1, 0.15) is 6.04 Å². The van der Waals surface area contributed by atoms with Crippen molar-refractivity contribution < 1.29 is 14.5 Å². The molecule has 0 unspecified atom stereocenters. The highest BCUT2D eigenvalue weighted by atomic mass is 32.2. The smallest absolute Gasteiger partial charge is 0.269 e. The summed E-state index contributed by atoms with van der Waals surface area (Å²) in [7, 11) is 0. The fourth-order valence-corrected chi connectivity index (χ4v) is 4.64. The summed E-state index contributed by atoms with van der Waals surface area (Å²) in [5.74, 6) is 0.401. The van der Waals surface area contributed by atoms with Crippen LogP contribution in [0.5, 0.6) is 0 Å². The molecule has 0 aliphatic heterocycles. The summed E-state index contributed by atoms with van der Waals surface area (Å²) in [5, 5.41) is 13.9. The van der Waals surface area contributed by atoms with Crippen LogP contribution < -0.4 is 5.32 Å². The monoisotopic (exact) mass is 505 g/mol. The highest BCUT2D eigenvalue weighted by molar-refractivity contribution is 7.99. The predicted octanol–water partition coefficient (Wildman–Crippen LogP) is 4.99. The molecule has 0 radical (unpaired) electrons. The minimum absolute atomic E-state index is 0.0359. The van der Waals surface area contributed by atoms with E-state index in [0.717, 1.165) is 16.7 Å². The average Bonchev–Trinajstić information content (AvgIpc) is 2.87. The lowest BCUT2D eigenvalue weighted by Gasteiger charge is -2.32. The molecule has 1 N–H and O–H groups in total. The Morgan fingerprint density at radius 3 is 2.03 bits per heavy atom. The van der Waals surface area contributed by atoms with Gasteiger partial charge in [-0.15, -0.1) is 11.8 Å². The van der Waals surface area contributed by atoms with Gasteiger partial charge in [0.05, 0.1) is 10.7 Å². The highest BCUT2D eigenvalue weighted by Crippen LogP contribution is 2.20. The molecule has 1 atom stereocenters. The lowest BCUT2D eigenvalue weighted by molar-refractivity contribution is -0.384. The lowest BCUT2D eigenvalue weighted by atomic mass is 10.0. The second-order valence-electron chi connectivity index (χ2n) is 8.79. The number of non-ortho nitro benzene ring substituents is 1. The second kappa shape index (κ2) is 13.4. The summed E-state index contributed by atoms with van der Waals surface area (Å²) in [6, 6.07) is 25.0. The average molecular weight is 506 g/mol. The molecular weight excluding hydrogens is 474 g/mol. The molecule has 0 spiro atoms. The van der Waals surface area contributed by atoms with Gasteiger partial charge in [-0.05, 0) is 30.5 Å². The molecule has 0 heterocycles. The van der Waals surface area contributed by atoms with Gasteiger partial charge in [0.15, 0.2) is 0 Å². The molecule has 2 amide bonds. The molecule has 0 fully saturated rings. The molecule has 36 heavy (non-hydrogen) atoms. The molecular formula is C28H31N3O4S. The van der Waals surface area contributed by atoms with E-state index in [0.29, 0.717) is 18.7 Å². The first kappa shape index (κ1) is 26.9. The van der Waals surface area contributed by atoms with Crippen LogP contribution >= 0.6 is 11.8 Å². The molecule has 7 nitrogen and oxygen atoms in total. The molecule has 0 bridgehead atoms. The number of nitrogens with one attached hydrogen (secondary N) is 1. The standard InChI is InChI=1S/C28H31N3O4S/c1-21(2)29-28(33)26(17-22-9-5-3-6-10-22)30(18-23-11-7-4-8-12-23)27(32)20-36-19-24-13-15-25(16-14-24)31(34)35/h3-16,21,26H,17-20H2,1-2H3,(H,29,33)/t26-/m0/s1. The van der Waals surface area contributed by atoms with Crippen LogP contribution in [0.2, 0.25) is 0 Å². The molecule has 0 aliphatic rings. The number of thioether (sulfide) groups is 1. The highest BCUT2D eigenvalue weighted by Gasteiger charge is 2.30. The summed E-state index contributed by atoms with van der Waals surface area (Å²) in [6.07, 6.45) is 0.408. The maximum Gasteiger partial charge on any atom is 0.269 e. The van der Waals surface area contributed by atoms with E-state index in [2.05, 4.69) is 5.32 Å². The number of rotatable bonds is 12. The molecule has 0 aliphatic carbocycles. The van der Waals surface area contributed by atoms with Crippen molar-refractivity contribution in [2.45, 2.75) is 44.6 Å². The van der Waals surface area contributed by atoms with Gasteiger partial charge in [-0.2, -0.15) is 0 Å². The van der Waals surface area contributed by atoms with Crippen LogP contribution in [0.15, 0.2) is 84.9 Å². The maximum absolute atomic E-state index is 13.5. The van der Waals surface area contributed by atoms with Crippen molar-refractivity contribution in [3.05, 3.63) is 112 Å². The van der Waals surface area contributed by atoms with Crippen LogP contribution in [0.4, 0.5) is 5.69 Å². The van der Waals surface area contributed by atoms with Crippen molar-refractivity contribution in [2.75, 3.05) is 5.75 Å². The third-order valence-electron chi connectivity index (χ3n) is 5.54. The molecule has 3 aromatic rings. The number of hydrogen-bond acceptors (Lipinski definition) is 5. The number of benzene rings is 3. The number of carbonyl (C=O) groups is 2. The Balaban J connectivity index is 1.79. The Kier molecular flexibility index (Phi) is 10.1. The topological polar surface area (TPSA) is 92.6 Å². The zero-order valence-electron chi connectivity index (χ0n) is 20.5. The van der Waals surface area contributed by atoms with Gasteiger partial charge >= 0.3 is 0 Å². The van der Waals surface area contributed by atoms with E-state index in [4.69, 9.17) is 0 Å². The van der Waals surface area contributed by atoms with Crippen LogP contribution in [0, 0.1) is 10.1 Å². The maximum atomic E-state index is 13.5. The Hall–Kier alpha value is -3.65. The molecule has 8 heteroatoms. The number of nitro groups is 1. The van der Waals surface area contributed by atoms with Crippen LogP contribution in [0.25, 0.3) is 0 Å². The first-order chi connectivity index (χ1) is 17.3. The van der Waals surface area contributed by atoms with Crippen molar-refractivity contribution in [3.8, 4) is 0 Å². The summed E-state index contributed by atoms with van der Waals surface area (Å²) >= 11 is 1.42. The van der Waals surface area contributed by atoms with Gasteiger partial charge in [-0.25, -0.2) is 0 Å². The Morgan fingerprint density at radius 2 is 1.47 bits per heavy atom. The van der Waals surface area contributed by atoms with E-state index in [-0.39, 0.29) is 29.3 Å². The summed E-state index contributed by atoms with van der Waals surface area (Å²) in [4.78, 5) is 39.0. The van der Waals surface area contributed by atoms with Crippen molar-refractivity contribution in [1.29, 1.82) is 0 Å². The number of amides is 2.